The molecular formula is C15H19FN2O. The van der Waals surface area contributed by atoms with Crippen molar-refractivity contribution in [3.8, 4) is 5.69 Å². The average molecular weight is 262 g/mol. The summed E-state index contributed by atoms with van der Waals surface area (Å²) in [6, 6.07) is 4.72. The van der Waals surface area contributed by atoms with Gasteiger partial charge < -0.3 is 5.11 Å². The molecule has 3 nitrogen and oxygen atoms in total. The number of rotatable bonds is 3. The lowest BCUT2D eigenvalue weighted by atomic mass is 10.1. The van der Waals surface area contributed by atoms with Gasteiger partial charge in [-0.15, -0.1) is 0 Å². The number of aliphatic hydroxyl groups excluding tert-OH is 1. The zero-order chi connectivity index (χ0) is 14.2. The minimum atomic E-state index is -0.736. The van der Waals surface area contributed by atoms with Crippen LogP contribution in [0.5, 0.6) is 0 Å². The van der Waals surface area contributed by atoms with Crippen molar-refractivity contribution in [2.45, 2.75) is 40.2 Å². The normalized spacial score (nSPS) is 12.7. The van der Waals surface area contributed by atoms with Crippen molar-refractivity contribution < 1.29 is 9.50 Å². The summed E-state index contributed by atoms with van der Waals surface area (Å²) in [6.45, 7) is 7.53. The van der Waals surface area contributed by atoms with Crippen LogP contribution < -0.4 is 0 Å². The molecule has 1 unspecified atom stereocenters. The molecule has 1 aromatic carbocycles. The Morgan fingerprint density at radius 1 is 1.37 bits per heavy atom. The van der Waals surface area contributed by atoms with Crippen LogP contribution in [0.4, 0.5) is 4.39 Å². The summed E-state index contributed by atoms with van der Waals surface area (Å²) in [6.07, 6.45) is 0.121. The molecule has 1 aromatic heterocycles. The molecule has 0 spiro atoms. The van der Waals surface area contributed by atoms with Crippen LogP contribution in [0.1, 0.15) is 42.5 Å². The number of aromatic nitrogens is 2. The highest BCUT2D eigenvalue weighted by molar-refractivity contribution is 5.45. The van der Waals surface area contributed by atoms with Gasteiger partial charge in [-0.2, -0.15) is 5.10 Å². The fourth-order valence-electron chi connectivity index (χ4n) is 2.50. The summed E-state index contributed by atoms with van der Waals surface area (Å²) < 4.78 is 15.8. The SMILES string of the molecule is CCc1c(C)nn(-c2c(F)cccc2C(C)O)c1C. The number of hydrogen-bond acceptors (Lipinski definition) is 2. The summed E-state index contributed by atoms with van der Waals surface area (Å²) in [5.41, 5.74) is 3.85. The molecule has 1 N–H and O–H groups in total. The summed E-state index contributed by atoms with van der Waals surface area (Å²) in [7, 11) is 0. The van der Waals surface area contributed by atoms with Crippen molar-refractivity contribution in [1.82, 2.24) is 9.78 Å². The molecule has 1 heterocycles. The van der Waals surface area contributed by atoms with E-state index >= 15 is 0 Å². The standard InChI is InChI=1S/C15H19FN2O/c1-5-12-9(2)17-18(10(12)3)15-13(11(4)19)7-6-8-14(15)16/h6-8,11,19H,5H2,1-4H3. The van der Waals surface area contributed by atoms with Gasteiger partial charge in [0.15, 0.2) is 0 Å². The van der Waals surface area contributed by atoms with Crippen molar-refractivity contribution in [2.75, 3.05) is 0 Å². The first-order valence-corrected chi connectivity index (χ1v) is 6.49. The van der Waals surface area contributed by atoms with E-state index in [0.717, 1.165) is 23.4 Å². The van der Waals surface area contributed by atoms with E-state index in [0.29, 0.717) is 11.3 Å². The molecule has 0 saturated carbocycles. The maximum atomic E-state index is 14.1. The molecule has 4 heteroatoms. The molecule has 0 aliphatic rings. The Labute approximate surface area is 112 Å². The Balaban J connectivity index is 2.72. The van der Waals surface area contributed by atoms with Gasteiger partial charge in [0.2, 0.25) is 0 Å². The van der Waals surface area contributed by atoms with Crippen molar-refractivity contribution in [1.29, 1.82) is 0 Å². The van der Waals surface area contributed by atoms with Gasteiger partial charge in [0.05, 0.1) is 11.8 Å². The molecule has 2 aromatic rings. The summed E-state index contributed by atoms with van der Waals surface area (Å²) in [5.74, 6) is -0.369. The zero-order valence-electron chi connectivity index (χ0n) is 11.7. The van der Waals surface area contributed by atoms with Crippen molar-refractivity contribution >= 4 is 0 Å². The van der Waals surface area contributed by atoms with Crippen LogP contribution in [0.15, 0.2) is 18.2 Å². The summed E-state index contributed by atoms with van der Waals surface area (Å²) >= 11 is 0. The Morgan fingerprint density at radius 3 is 2.58 bits per heavy atom. The lowest BCUT2D eigenvalue weighted by Crippen LogP contribution is -2.08. The van der Waals surface area contributed by atoms with E-state index in [1.54, 1.807) is 23.7 Å². The van der Waals surface area contributed by atoms with Gasteiger partial charge in [0.25, 0.3) is 0 Å². The third-order valence-corrected chi connectivity index (χ3v) is 3.47. The molecule has 19 heavy (non-hydrogen) atoms. The van der Waals surface area contributed by atoms with E-state index < -0.39 is 6.10 Å². The number of halogens is 1. The number of benzene rings is 1. The Kier molecular flexibility index (Phi) is 3.71. The second-order valence-electron chi connectivity index (χ2n) is 4.77. The van der Waals surface area contributed by atoms with Gasteiger partial charge in [-0.1, -0.05) is 19.1 Å². The topological polar surface area (TPSA) is 38.0 Å². The van der Waals surface area contributed by atoms with E-state index in [-0.39, 0.29) is 5.82 Å². The maximum Gasteiger partial charge on any atom is 0.149 e. The Bertz CT molecular complexity index is 602. The van der Waals surface area contributed by atoms with E-state index in [2.05, 4.69) is 12.0 Å². The van der Waals surface area contributed by atoms with Crippen LogP contribution in [0.3, 0.4) is 0 Å². The molecule has 0 bridgehead atoms. The first-order chi connectivity index (χ1) is 8.97. The van der Waals surface area contributed by atoms with Gasteiger partial charge in [-0.05, 0) is 38.8 Å². The lowest BCUT2D eigenvalue weighted by molar-refractivity contribution is 0.198. The highest BCUT2D eigenvalue weighted by Crippen LogP contribution is 2.27. The molecule has 1 atom stereocenters. The molecule has 2 rings (SSSR count). The molecule has 0 fully saturated rings. The van der Waals surface area contributed by atoms with Gasteiger partial charge in [0, 0.05) is 11.3 Å². The third kappa shape index (κ3) is 2.28. The maximum absolute atomic E-state index is 14.1. The molecule has 0 saturated heterocycles. The number of para-hydroxylation sites is 1. The minimum absolute atomic E-state index is 0.345. The Hall–Kier alpha value is -1.68. The van der Waals surface area contributed by atoms with E-state index in [4.69, 9.17) is 0 Å². The van der Waals surface area contributed by atoms with E-state index in [9.17, 15) is 9.50 Å². The van der Waals surface area contributed by atoms with Gasteiger partial charge in [-0.25, -0.2) is 9.07 Å². The van der Waals surface area contributed by atoms with Crippen molar-refractivity contribution in [3.63, 3.8) is 0 Å². The smallest absolute Gasteiger partial charge is 0.149 e. The van der Waals surface area contributed by atoms with E-state index in [1.807, 2.05) is 13.8 Å². The third-order valence-electron chi connectivity index (χ3n) is 3.47. The Morgan fingerprint density at radius 2 is 2.05 bits per heavy atom. The lowest BCUT2D eigenvalue weighted by Gasteiger charge is -2.14. The fraction of sp³-hybridized carbons (Fsp3) is 0.400. The van der Waals surface area contributed by atoms with Crippen LogP contribution in [-0.4, -0.2) is 14.9 Å². The highest BCUT2D eigenvalue weighted by Gasteiger charge is 2.19. The quantitative estimate of drug-likeness (QED) is 0.922. The van der Waals surface area contributed by atoms with Crippen molar-refractivity contribution in [2.24, 2.45) is 0 Å². The average Bonchev–Trinajstić information content (AvgIpc) is 2.63. The number of aryl methyl sites for hydroxylation is 1. The number of aliphatic hydroxyl groups is 1. The van der Waals surface area contributed by atoms with Crippen molar-refractivity contribution in [3.05, 3.63) is 46.5 Å². The van der Waals surface area contributed by atoms with Crippen LogP contribution in [0.25, 0.3) is 5.69 Å². The summed E-state index contributed by atoms with van der Waals surface area (Å²) in [4.78, 5) is 0. The van der Waals surface area contributed by atoms with Crippen LogP contribution in [-0.2, 0) is 6.42 Å². The second-order valence-corrected chi connectivity index (χ2v) is 4.77. The van der Waals surface area contributed by atoms with E-state index in [1.165, 1.54) is 6.07 Å². The largest absolute Gasteiger partial charge is 0.389 e. The van der Waals surface area contributed by atoms with Gasteiger partial charge in [-0.3, -0.25) is 0 Å². The van der Waals surface area contributed by atoms with Gasteiger partial charge >= 0.3 is 0 Å². The monoisotopic (exact) mass is 262 g/mol. The van der Waals surface area contributed by atoms with Crippen LogP contribution in [0.2, 0.25) is 0 Å². The molecule has 0 aliphatic heterocycles. The molecule has 0 amide bonds. The first-order valence-electron chi connectivity index (χ1n) is 6.49. The molecular weight excluding hydrogens is 243 g/mol. The molecule has 102 valence electrons. The highest BCUT2D eigenvalue weighted by atomic mass is 19.1. The second kappa shape index (κ2) is 5.13. The fourth-order valence-corrected chi connectivity index (χ4v) is 2.50. The number of hydrogen-bond donors (Lipinski definition) is 1. The van der Waals surface area contributed by atoms with Crippen LogP contribution in [0, 0.1) is 19.7 Å². The zero-order valence-corrected chi connectivity index (χ0v) is 11.7. The first kappa shape index (κ1) is 13.7. The number of nitrogens with zero attached hydrogens (tertiary/aromatic N) is 2. The molecule has 0 radical (unpaired) electrons. The minimum Gasteiger partial charge on any atom is -0.389 e. The van der Waals surface area contributed by atoms with Crippen LogP contribution >= 0.6 is 0 Å². The predicted octanol–water partition coefficient (Wildman–Crippen LogP) is 3.24. The van der Waals surface area contributed by atoms with Gasteiger partial charge in [0.1, 0.15) is 11.5 Å². The molecule has 0 aliphatic carbocycles. The predicted molar refractivity (Wildman–Crippen MR) is 73.0 cm³/mol. The summed E-state index contributed by atoms with van der Waals surface area (Å²) in [5, 5.41) is 14.2.